The highest BCUT2D eigenvalue weighted by molar-refractivity contribution is 5.83. The van der Waals surface area contributed by atoms with Gasteiger partial charge in [0, 0.05) is 12.4 Å². The van der Waals surface area contributed by atoms with Gasteiger partial charge >= 0.3 is 0 Å². The van der Waals surface area contributed by atoms with Crippen LogP contribution in [0.4, 0.5) is 5.82 Å². The molecule has 0 spiro atoms. The van der Waals surface area contributed by atoms with E-state index in [1.165, 1.54) is 0 Å². The van der Waals surface area contributed by atoms with Crippen molar-refractivity contribution < 1.29 is 4.74 Å². The van der Waals surface area contributed by atoms with Crippen LogP contribution in [0.2, 0.25) is 0 Å². The van der Waals surface area contributed by atoms with E-state index in [9.17, 15) is 0 Å². The standard InChI is InChI=1S/C12H14N2O/c1-8-6-9-7-10(15-3)4-5-11(9)14-12(8)13-2/h4-7H,1-3H3,(H,13,14). The lowest BCUT2D eigenvalue weighted by Gasteiger charge is -2.07. The lowest BCUT2D eigenvalue weighted by Crippen LogP contribution is -1.96. The van der Waals surface area contributed by atoms with Gasteiger partial charge in [-0.05, 0) is 36.8 Å². The maximum absolute atomic E-state index is 5.18. The fourth-order valence-corrected chi connectivity index (χ4v) is 1.64. The molecule has 0 atom stereocenters. The largest absolute Gasteiger partial charge is 0.497 e. The molecule has 0 unspecified atom stereocenters. The van der Waals surface area contributed by atoms with Crippen molar-refractivity contribution in [3.63, 3.8) is 0 Å². The number of pyridine rings is 1. The molecule has 1 aromatic carbocycles. The number of anilines is 1. The van der Waals surface area contributed by atoms with E-state index in [1.54, 1.807) is 7.11 Å². The molecular formula is C12H14N2O. The summed E-state index contributed by atoms with van der Waals surface area (Å²) < 4.78 is 5.18. The molecule has 0 saturated carbocycles. The van der Waals surface area contributed by atoms with Crippen LogP contribution in [-0.2, 0) is 0 Å². The Labute approximate surface area is 89.1 Å². The Kier molecular flexibility index (Phi) is 2.46. The maximum Gasteiger partial charge on any atom is 0.129 e. The number of nitrogens with zero attached hydrogens (tertiary/aromatic N) is 1. The average Bonchev–Trinajstić information content (AvgIpc) is 2.27. The van der Waals surface area contributed by atoms with Crippen LogP contribution < -0.4 is 10.1 Å². The van der Waals surface area contributed by atoms with Gasteiger partial charge in [0.15, 0.2) is 0 Å². The van der Waals surface area contributed by atoms with E-state index < -0.39 is 0 Å². The number of aryl methyl sites for hydroxylation is 1. The summed E-state index contributed by atoms with van der Waals surface area (Å²) >= 11 is 0. The normalized spacial score (nSPS) is 10.3. The predicted molar refractivity (Wildman–Crippen MR) is 62.6 cm³/mol. The van der Waals surface area contributed by atoms with Crippen LogP contribution in [-0.4, -0.2) is 19.1 Å². The van der Waals surface area contributed by atoms with Gasteiger partial charge in [0.1, 0.15) is 11.6 Å². The Morgan fingerprint density at radius 1 is 1.27 bits per heavy atom. The molecule has 0 saturated heterocycles. The number of methoxy groups -OCH3 is 1. The summed E-state index contributed by atoms with van der Waals surface area (Å²) in [5.74, 6) is 1.79. The van der Waals surface area contributed by atoms with Gasteiger partial charge in [0.25, 0.3) is 0 Å². The summed E-state index contributed by atoms with van der Waals surface area (Å²) in [5, 5.41) is 4.18. The summed E-state index contributed by atoms with van der Waals surface area (Å²) in [6.45, 7) is 2.04. The monoisotopic (exact) mass is 202 g/mol. The van der Waals surface area contributed by atoms with Gasteiger partial charge in [-0.25, -0.2) is 4.98 Å². The second-order valence-corrected chi connectivity index (χ2v) is 3.46. The third-order valence-corrected chi connectivity index (χ3v) is 2.45. The number of ether oxygens (including phenoxy) is 1. The molecule has 1 heterocycles. The molecule has 0 bridgehead atoms. The van der Waals surface area contributed by atoms with E-state index in [-0.39, 0.29) is 0 Å². The number of aromatic nitrogens is 1. The minimum Gasteiger partial charge on any atom is -0.497 e. The Morgan fingerprint density at radius 2 is 2.07 bits per heavy atom. The van der Waals surface area contributed by atoms with Gasteiger partial charge in [0.2, 0.25) is 0 Å². The lowest BCUT2D eigenvalue weighted by atomic mass is 10.1. The topological polar surface area (TPSA) is 34.2 Å². The van der Waals surface area contributed by atoms with Crippen molar-refractivity contribution >= 4 is 16.7 Å². The molecular weight excluding hydrogens is 188 g/mol. The Bertz CT molecular complexity index is 494. The number of rotatable bonds is 2. The second kappa shape index (κ2) is 3.77. The van der Waals surface area contributed by atoms with E-state index >= 15 is 0 Å². The SMILES string of the molecule is CNc1nc2ccc(OC)cc2cc1C. The average molecular weight is 202 g/mol. The van der Waals surface area contributed by atoms with Crippen molar-refractivity contribution in [3.05, 3.63) is 29.8 Å². The van der Waals surface area contributed by atoms with Crippen LogP contribution in [0.25, 0.3) is 10.9 Å². The van der Waals surface area contributed by atoms with Gasteiger partial charge < -0.3 is 10.1 Å². The number of nitrogens with one attached hydrogen (secondary N) is 1. The van der Waals surface area contributed by atoms with Crippen molar-refractivity contribution in [2.75, 3.05) is 19.5 Å². The Hall–Kier alpha value is -1.77. The smallest absolute Gasteiger partial charge is 0.129 e. The van der Waals surface area contributed by atoms with Crippen LogP contribution >= 0.6 is 0 Å². The fraction of sp³-hybridized carbons (Fsp3) is 0.250. The van der Waals surface area contributed by atoms with E-state index in [2.05, 4.69) is 16.4 Å². The minimum atomic E-state index is 0.862. The quantitative estimate of drug-likeness (QED) is 0.812. The summed E-state index contributed by atoms with van der Waals surface area (Å²) in [6.07, 6.45) is 0. The van der Waals surface area contributed by atoms with Crippen LogP contribution in [0.3, 0.4) is 0 Å². The Morgan fingerprint density at radius 3 is 2.73 bits per heavy atom. The molecule has 2 aromatic rings. The van der Waals surface area contributed by atoms with Crippen LogP contribution in [0.1, 0.15) is 5.56 Å². The summed E-state index contributed by atoms with van der Waals surface area (Å²) in [4.78, 5) is 4.50. The van der Waals surface area contributed by atoms with E-state index in [1.807, 2.05) is 32.2 Å². The Balaban J connectivity index is 2.65. The molecule has 0 amide bonds. The molecule has 78 valence electrons. The fourth-order valence-electron chi connectivity index (χ4n) is 1.64. The van der Waals surface area contributed by atoms with E-state index in [0.717, 1.165) is 28.0 Å². The lowest BCUT2D eigenvalue weighted by molar-refractivity contribution is 0.415. The molecule has 0 aliphatic rings. The van der Waals surface area contributed by atoms with Crippen molar-refractivity contribution in [1.29, 1.82) is 0 Å². The molecule has 15 heavy (non-hydrogen) atoms. The molecule has 0 radical (unpaired) electrons. The molecule has 3 heteroatoms. The molecule has 3 nitrogen and oxygen atoms in total. The zero-order valence-electron chi connectivity index (χ0n) is 9.16. The first kappa shape index (κ1) is 9.77. The highest BCUT2D eigenvalue weighted by atomic mass is 16.5. The van der Waals surface area contributed by atoms with Crippen molar-refractivity contribution in [2.45, 2.75) is 6.92 Å². The number of hydrogen-bond donors (Lipinski definition) is 1. The second-order valence-electron chi connectivity index (χ2n) is 3.46. The van der Waals surface area contributed by atoms with E-state index in [4.69, 9.17) is 4.74 Å². The zero-order valence-corrected chi connectivity index (χ0v) is 9.16. The molecule has 0 aliphatic heterocycles. The third kappa shape index (κ3) is 1.73. The summed E-state index contributed by atoms with van der Waals surface area (Å²) in [5.41, 5.74) is 2.11. The summed E-state index contributed by atoms with van der Waals surface area (Å²) in [7, 11) is 3.55. The van der Waals surface area contributed by atoms with Crippen LogP contribution in [0.15, 0.2) is 24.3 Å². The molecule has 2 rings (SSSR count). The van der Waals surface area contributed by atoms with Crippen molar-refractivity contribution in [2.24, 2.45) is 0 Å². The minimum absolute atomic E-state index is 0.862. The van der Waals surface area contributed by atoms with Gasteiger partial charge in [-0.1, -0.05) is 0 Å². The van der Waals surface area contributed by atoms with Gasteiger partial charge in [-0.2, -0.15) is 0 Å². The predicted octanol–water partition coefficient (Wildman–Crippen LogP) is 2.59. The highest BCUT2D eigenvalue weighted by Gasteiger charge is 2.02. The first-order chi connectivity index (χ1) is 7.24. The molecule has 1 N–H and O–H groups in total. The first-order valence-electron chi connectivity index (χ1n) is 4.87. The van der Waals surface area contributed by atoms with Crippen LogP contribution in [0, 0.1) is 6.92 Å². The zero-order chi connectivity index (χ0) is 10.8. The molecule has 0 aliphatic carbocycles. The number of hydrogen-bond acceptors (Lipinski definition) is 3. The van der Waals surface area contributed by atoms with Crippen LogP contribution in [0.5, 0.6) is 5.75 Å². The van der Waals surface area contributed by atoms with Gasteiger partial charge in [-0.15, -0.1) is 0 Å². The maximum atomic E-state index is 5.18. The number of benzene rings is 1. The molecule has 0 fully saturated rings. The van der Waals surface area contributed by atoms with E-state index in [0.29, 0.717) is 0 Å². The molecule has 1 aromatic heterocycles. The van der Waals surface area contributed by atoms with Crippen molar-refractivity contribution in [1.82, 2.24) is 4.98 Å². The number of fused-ring (bicyclic) bond motifs is 1. The third-order valence-electron chi connectivity index (χ3n) is 2.45. The van der Waals surface area contributed by atoms with Gasteiger partial charge in [0.05, 0.1) is 12.6 Å². The van der Waals surface area contributed by atoms with Crippen molar-refractivity contribution in [3.8, 4) is 5.75 Å². The van der Waals surface area contributed by atoms with Gasteiger partial charge in [-0.3, -0.25) is 0 Å². The highest BCUT2D eigenvalue weighted by Crippen LogP contribution is 2.23. The first-order valence-corrected chi connectivity index (χ1v) is 4.87. The summed E-state index contributed by atoms with van der Waals surface area (Å²) in [6, 6.07) is 7.99.